The highest BCUT2D eigenvalue weighted by atomic mass is 16.3. The lowest BCUT2D eigenvalue weighted by Crippen LogP contribution is -2.31. The molecule has 2 aromatic rings. The van der Waals surface area contributed by atoms with E-state index >= 15 is 0 Å². The van der Waals surface area contributed by atoms with Crippen molar-refractivity contribution >= 4 is 5.78 Å². The molecule has 1 aliphatic rings. The largest absolute Gasteiger partial charge is 0.393 e. The molecule has 0 saturated heterocycles. The van der Waals surface area contributed by atoms with Gasteiger partial charge in [-0.2, -0.15) is 0 Å². The van der Waals surface area contributed by atoms with Crippen molar-refractivity contribution in [2.75, 3.05) is 0 Å². The Bertz CT molecular complexity index is 566. The van der Waals surface area contributed by atoms with Crippen LogP contribution in [0.3, 0.4) is 0 Å². The van der Waals surface area contributed by atoms with Gasteiger partial charge in [-0.1, -0.05) is 0 Å². The third kappa shape index (κ3) is 1.44. The van der Waals surface area contributed by atoms with Crippen molar-refractivity contribution < 1.29 is 5.11 Å². The van der Waals surface area contributed by atoms with Crippen molar-refractivity contribution in [3.8, 4) is 0 Å². The maximum absolute atomic E-state index is 11.5. The Kier molecular flexibility index (Phi) is 2.07. The van der Waals surface area contributed by atoms with E-state index in [2.05, 4.69) is 4.98 Å². The number of aliphatic hydroxyl groups is 1. The fourth-order valence-electron chi connectivity index (χ4n) is 2.25. The Balaban J connectivity index is 1.93. The Labute approximate surface area is 92.0 Å². The minimum absolute atomic E-state index is 0.0580. The van der Waals surface area contributed by atoms with Crippen LogP contribution in [0, 0.1) is 5.92 Å². The Hall–Kier alpha value is -1.62. The molecule has 0 spiro atoms. The van der Waals surface area contributed by atoms with Gasteiger partial charge in [0, 0.05) is 31.2 Å². The molecule has 1 fully saturated rings. The maximum Gasteiger partial charge on any atom is 0.258 e. The molecule has 2 heterocycles. The van der Waals surface area contributed by atoms with Crippen LogP contribution >= 0.6 is 0 Å². The second-order valence-electron chi connectivity index (χ2n) is 4.39. The number of rotatable bonds is 2. The fourth-order valence-corrected chi connectivity index (χ4v) is 2.25. The molecule has 0 aliphatic heterocycles. The molecule has 0 unspecified atom stereocenters. The molecular weight excluding hydrogens is 206 g/mol. The monoisotopic (exact) mass is 219 g/mol. The molecule has 84 valence electrons. The van der Waals surface area contributed by atoms with Crippen LogP contribution in [0.25, 0.3) is 5.78 Å². The third-order valence-corrected chi connectivity index (χ3v) is 3.18. The van der Waals surface area contributed by atoms with Gasteiger partial charge >= 0.3 is 0 Å². The average molecular weight is 219 g/mol. The molecule has 1 N–H and O–H groups in total. The average Bonchev–Trinajstić information content (AvgIpc) is 2.61. The predicted octanol–water partition coefficient (Wildman–Crippen LogP) is 0.267. The van der Waals surface area contributed by atoms with E-state index in [1.807, 2.05) is 10.8 Å². The van der Waals surface area contributed by atoms with Crippen LogP contribution in [-0.2, 0) is 6.54 Å². The Morgan fingerprint density at radius 3 is 3.00 bits per heavy atom. The van der Waals surface area contributed by atoms with Crippen LogP contribution in [0.2, 0.25) is 0 Å². The third-order valence-electron chi connectivity index (χ3n) is 3.18. The number of fused-ring (bicyclic) bond motifs is 1. The molecule has 1 aliphatic carbocycles. The Morgan fingerprint density at radius 2 is 2.25 bits per heavy atom. The standard InChI is InChI=1S/C11H13N3O2/c15-9-5-8(6-9)7-13-3-4-14-10(16)1-2-12-11(13)14/h1-4,8-9,15H,5-7H2. The first-order valence-electron chi connectivity index (χ1n) is 5.44. The molecule has 0 bridgehead atoms. The highest BCUT2D eigenvalue weighted by Crippen LogP contribution is 2.28. The summed E-state index contributed by atoms with van der Waals surface area (Å²) in [5.74, 6) is 1.18. The molecule has 3 rings (SSSR count). The minimum atomic E-state index is -0.137. The summed E-state index contributed by atoms with van der Waals surface area (Å²) in [6.45, 7) is 0.823. The first-order valence-corrected chi connectivity index (χ1v) is 5.44. The lowest BCUT2D eigenvalue weighted by molar-refractivity contribution is 0.0356. The molecule has 1 saturated carbocycles. The van der Waals surface area contributed by atoms with Crippen molar-refractivity contribution in [3.63, 3.8) is 0 Å². The first-order chi connectivity index (χ1) is 7.74. The Morgan fingerprint density at radius 1 is 1.44 bits per heavy atom. The summed E-state index contributed by atoms with van der Waals surface area (Å²) in [5.41, 5.74) is -0.0580. The summed E-state index contributed by atoms with van der Waals surface area (Å²) in [5, 5.41) is 9.22. The number of hydrogen-bond acceptors (Lipinski definition) is 3. The van der Waals surface area contributed by atoms with Gasteiger partial charge in [0.05, 0.1) is 6.10 Å². The molecule has 0 aromatic carbocycles. The van der Waals surface area contributed by atoms with Crippen molar-refractivity contribution in [1.82, 2.24) is 14.0 Å². The van der Waals surface area contributed by atoms with Crippen molar-refractivity contribution in [2.24, 2.45) is 5.92 Å². The normalized spacial score (nSPS) is 24.6. The first kappa shape index (κ1) is 9.59. The van der Waals surface area contributed by atoms with E-state index in [1.165, 1.54) is 16.7 Å². The predicted molar refractivity (Wildman–Crippen MR) is 58.2 cm³/mol. The summed E-state index contributed by atoms with van der Waals surface area (Å²) < 4.78 is 3.51. The molecule has 0 radical (unpaired) electrons. The van der Waals surface area contributed by atoms with Gasteiger partial charge in [0.25, 0.3) is 5.56 Å². The van der Waals surface area contributed by atoms with Gasteiger partial charge in [0.2, 0.25) is 5.78 Å². The minimum Gasteiger partial charge on any atom is -0.393 e. The van der Waals surface area contributed by atoms with Crippen LogP contribution in [0.15, 0.2) is 29.5 Å². The van der Waals surface area contributed by atoms with E-state index in [-0.39, 0.29) is 11.7 Å². The highest BCUT2D eigenvalue weighted by molar-refractivity contribution is 5.29. The second-order valence-corrected chi connectivity index (χ2v) is 4.39. The van der Waals surface area contributed by atoms with Crippen LogP contribution < -0.4 is 5.56 Å². The lowest BCUT2D eigenvalue weighted by Gasteiger charge is -2.31. The smallest absolute Gasteiger partial charge is 0.258 e. The van der Waals surface area contributed by atoms with Crippen molar-refractivity contribution in [2.45, 2.75) is 25.5 Å². The molecule has 5 heteroatoms. The van der Waals surface area contributed by atoms with E-state index in [0.29, 0.717) is 11.7 Å². The number of imidazole rings is 1. The van der Waals surface area contributed by atoms with Crippen LogP contribution in [0.5, 0.6) is 0 Å². The summed E-state index contributed by atoms with van der Waals surface area (Å²) in [6.07, 6.45) is 6.70. The zero-order valence-corrected chi connectivity index (χ0v) is 8.78. The van der Waals surface area contributed by atoms with E-state index in [9.17, 15) is 9.90 Å². The quantitative estimate of drug-likeness (QED) is 0.788. The van der Waals surface area contributed by atoms with Crippen LogP contribution in [0.4, 0.5) is 0 Å². The zero-order chi connectivity index (χ0) is 11.1. The molecular formula is C11H13N3O2. The summed E-state index contributed by atoms with van der Waals surface area (Å²) >= 11 is 0. The van der Waals surface area contributed by atoms with E-state index < -0.39 is 0 Å². The summed E-state index contributed by atoms with van der Waals surface area (Å²) in [7, 11) is 0. The number of aliphatic hydroxyl groups excluding tert-OH is 1. The van der Waals surface area contributed by atoms with Crippen molar-refractivity contribution in [3.05, 3.63) is 35.0 Å². The SMILES string of the molecule is O=c1ccnc2n(CC3CC(O)C3)ccn12. The van der Waals surface area contributed by atoms with E-state index in [1.54, 1.807) is 6.20 Å². The maximum atomic E-state index is 11.5. The topological polar surface area (TPSA) is 59.5 Å². The molecule has 0 atom stereocenters. The molecule has 0 amide bonds. The zero-order valence-electron chi connectivity index (χ0n) is 8.78. The van der Waals surface area contributed by atoms with E-state index in [0.717, 1.165) is 19.4 Å². The summed E-state index contributed by atoms with van der Waals surface area (Å²) in [4.78, 5) is 15.7. The summed E-state index contributed by atoms with van der Waals surface area (Å²) in [6, 6.07) is 1.45. The fraction of sp³-hybridized carbons (Fsp3) is 0.455. The second kappa shape index (κ2) is 3.45. The van der Waals surface area contributed by atoms with Gasteiger partial charge in [-0.15, -0.1) is 0 Å². The molecule has 2 aromatic heterocycles. The highest BCUT2D eigenvalue weighted by Gasteiger charge is 2.27. The molecule has 16 heavy (non-hydrogen) atoms. The van der Waals surface area contributed by atoms with Crippen LogP contribution in [-0.4, -0.2) is 25.2 Å². The van der Waals surface area contributed by atoms with Gasteiger partial charge in [-0.3, -0.25) is 9.20 Å². The number of nitrogens with zero attached hydrogens (tertiary/aromatic N) is 3. The lowest BCUT2D eigenvalue weighted by atomic mass is 9.82. The van der Waals surface area contributed by atoms with Gasteiger partial charge < -0.3 is 9.67 Å². The van der Waals surface area contributed by atoms with Crippen LogP contribution in [0.1, 0.15) is 12.8 Å². The van der Waals surface area contributed by atoms with Gasteiger partial charge in [-0.05, 0) is 18.8 Å². The van der Waals surface area contributed by atoms with Gasteiger partial charge in [-0.25, -0.2) is 4.98 Å². The van der Waals surface area contributed by atoms with Gasteiger partial charge in [0.1, 0.15) is 0 Å². The number of hydrogen-bond donors (Lipinski definition) is 1. The van der Waals surface area contributed by atoms with Gasteiger partial charge in [0.15, 0.2) is 0 Å². The molecule has 5 nitrogen and oxygen atoms in total. The number of aromatic nitrogens is 3. The van der Waals surface area contributed by atoms with Crippen molar-refractivity contribution in [1.29, 1.82) is 0 Å². The van der Waals surface area contributed by atoms with E-state index in [4.69, 9.17) is 0 Å².